The van der Waals surface area contributed by atoms with Gasteiger partial charge in [0.2, 0.25) is 0 Å². The van der Waals surface area contributed by atoms with E-state index < -0.39 is 6.04 Å². The SMILES string of the molecule is CCOC(=O)C1CCCN1C(=O)c1ccc(C)n1C. The molecule has 0 radical (unpaired) electrons. The Balaban J connectivity index is 2.18. The number of nitrogens with zero attached hydrogens (tertiary/aromatic N) is 2. The van der Waals surface area contributed by atoms with Gasteiger partial charge in [0.1, 0.15) is 11.7 Å². The Morgan fingerprint density at radius 1 is 1.42 bits per heavy atom. The summed E-state index contributed by atoms with van der Waals surface area (Å²) < 4.78 is 6.89. The van der Waals surface area contributed by atoms with Crippen molar-refractivity contribution in [1.29, 1.82) is 0 Å². The quantitative estimate of drug-likeness (QED) is 0.777. The molecule has 5 heteroatoms. The first kappa shape index (κ1) is 13.6. The smallest absolute Gasteiger partial charge is 0.328 e. The predicted molar refractivity (Wildman–Crippen MR) is 70.8 cm³/mol. The van der Waals surface area contributed by atoms with E-state index in [1.54, 1.807) is 17.9 Å². The van der Waals surface area contributed by atoms with E-state index in [0.29, 0.717) is 25.3 Å². The van der Waals surface area contributed by atoms with Crippen molar-refractivity contribution in [3.63, 3.8) is 0 Å². The number of carbonyl (C=O) groups is 2. The van der Waals surface area contributed by atoms with Crippen LogP contribution in [0.2, 0.25) is 0 Å². The van der Waals surface area contributed by atoms with Gasteiger partial charge in [0.05, 0.1) is 6.61 Å². The number of rotatable bonds is 3. The maximum absolute atomic E-state index is 12.5. The summed E-state index contributed by atoms with van der Waals surface area (Å²) in [5, 5.41) is 0. The van der Waals surface area contributed by atoms with E-state index in [-0.39, 0.29) is 11.9 Å². The van der Waals surface area contributed by atoms with Crippen molar-refractivity contribution in [3.8, 4) is 0 Å². The lowest BCUT2D eigenvalue weighted by atomic mass is 10.2. The fraction of sp³-hybridized carbons (Fsp3) is 0.571. The van der Waals surface area contributed by atoms with Crippen LogP contribution < -0.4 is 0 Å². The zero-order valence-electron chi connectivity index (χ0n) is 11.7. The van der Waals surface area contributed by atoms with Gasteiger partial charge in [-0.15, -0.1) is 0 Å². The summed E-state index contributed by atoms with van der Waals surface area (Å²) in [4.78, 5) is 26.0. The minimum Gasteiger partial charge on any atom is -0.464 e. The molecule has 0 aliphatic carbocycles. The largest absolute Gasteiger partial charge is 0.464 e. The second-order valence-electron chi connectivity index (χ2n) is 4.83. The number of likely N-dealkylation sites (tertiary alicyclic amines) is 1. The van der Waals surface area contributed by atoms with Crippen molar-refractivity contribution in [1.82, 2.24) is 9.47 Å². The van der Waals surface area contributed by atoms with Gasteiger partial charge in [0.15, 0.2) is 0 Å². The molecule has 1 aliphatic heterocycles. The van der Waals surface area contributed by atoms with Crippen molar-refractivity contribution in [2.45, 2.75) is 32.7 Å². The van der Waals surface area contributed by atoms with Crippen LogP contribution in [-0.4, -0.2) is 40.5 Å². The third kappa shape index (κ3) is 2.50. The molecule has 1 atom stereocenters. The number of hydrogen-bond acceptors (Lipinski definition) is 3. The van der Waals surface area contributed by atoms with Gasteiger partial charge < -0.3 is 14.2 Å². The summed E-state index contributed by atoms with van der Waals surface area (Å²) in [5.41, 5.74) is 1.64. The van der Waals surface area contributed by atoms with Crippen LogP contribution >= 0.6 is 0 Å². The van der Waals surface area contributed by atoms with E-state index in [0.717, 1.165) is 12.1 Å². The number of amides is 1. The first-order valence-corrected chi connectivity index (χ1v) is 6.66. The van der Waals surface area contributed by atoms with E-state index in [2.05, 4.69) is 0 Å². The topological polar surface area (TPSA) is 51.5 Å². The van der Waals surface area contributed by atoms with Crippen LogP contribution in [0.1, 0.15) is 35.9 Å². The van der Waals surface area contributed by atoms with Crippen molar-refractivity contribution in [3.05, 3.63) is 23.5 Å². The number of aryl methyl sites for hydroxylation is 1. The molecular weight excluding hydrogens is 244 g/mol. The van der Waals surface area contributed by atoms with Crippen molar-refractivity contribution in [2.75, 3.05) is 13.2 Å². The van der Waals surface area contributed by atoms with Gasteiger partial charge in [0, 0.05) is 19.3 Å². The van der Waals surface area contributed by atoms with Crippen LogP contribution in [0, 0.1) is 6.92 Å². The van der Waals surface area contributed by atoms with E-state index in [1.807, 2.05) is 24.6 Å². The highest BCUT2D eigenvalue weighted by atomic mass is 16.5. The summed E-state index contributed by atoms with van der Waals surface area (Å²) in [6, 6.07) is 3.28. The second-order valence-corrected chi connectivity index (χ2v) is 4.83. The summed E-state index contributed by atoms with van der Waals surface area (Å²) in [5.74, 6) is -0.384. The number of hydrogen-bond donors (Lipinski definition) is 0. The summed E-state index contributed by atoms with van der Waals surface area (Å²) in [6.07, 6.45) is 1.53. The van der Waals surface area contributed by atoms with Crippen LogP contribution in [0.15, 0.2) is 12.1 Å². The molecule has 0 bridgehead atoms. The number of esters is 1. The average molecular weight is 264 g/mol. The second kappa shape index (κ2) is 5.47. The third-order valence-electron chi connectivity index (χ3n) is 3.66. The molecule has 1 aliphatic rings. The Bertz CT molecular complexity index is 493. The molecule has 1 fully saturated rings. The molecule has 19 heavy (non-hydrogen) atoms. The molecule has 0 aromatic carbocycles. The van der Waals surface area contributed by atoms with Gasteiger partial charge in [-0.05, 0) is 38.8 Å². The molecule has 0 N–H and O–H groups in total. The minimum atomic E-state index is -0.428. The lowest BCUT2D eigenvalue weighted by Crippen LogP contribution is -2.42. The van der Waals surface area contributed by atoms with E-state index in [1.165, 1.54) is 0 Å². The lowest BCUT2D eigenvalue weighted by Gasteiger charge is -2.23. The molecule has 1 aromatic rings. The summed E-state index contributed by atoms with van der Waals surface area (Å²) >= 11 is 0. The molecule has 1 aromatic heterocycles. The number of ether oxygens (including phenoxy) is 1. The van der Waals surface area contributed by atoms with Crippen molar-refractivity contribution in [2.24, 2.45) is 7.05 Å². The fourth-order valence-electron chi connectivity index (χ4n) is 2.47. The van der Waals surface area contributed by atoms with E-state index in [4.69, 9.17) is 4.74 Å². The number of aromatic nitrogens is 1. The standard InChI is InChI=1S/C14H20N2O3/c1-4-19-14(18)12-6-5-9-16(12)13(17)11-8-7-10(2)15(11)3/h7-8,12H,4-6,9H2,1-3H3. The Morgan fingerprint density at radius 3 is 2.74 bits per heavy atom. The average Bonchev–Trinajstić information content (AvgIpc) is 2.98. The molecule has 0 spiro atoms. The first-order chi connectivity index (χ1) is 9.06. The maximum atomic E-state index is 12.5. The van der Waals surface area contributed by atoms with Gasteiger partial charge in [0.25, 0.3) is 5.91 Å². The molecule has 1 unspecified atom stereocenters. The van der Waals surface area contributed by atoms with Crippen molar-refractivity contribution >= 4 is 11.9 Å². The van der Waals surface area contributed by atoms with Crippen molar-refractivity contribution < 1.29 is 14.3 Å². The molecule has 104 valence electrons. The molecule has 2 heterocycles. The first-order valence-electron chi connectivity index (χ1n) is 6.66. The zero-order valence-corrected chi connectivity index (χ0v) is 11.7. The molecule has 1 amide bonds. The van der Waals surface area contributed by atoms with Crippen LogP contribution in [0.5, 0.6) is 0 Å². The molecule has 1 saturated heterocycles. The highest BCUT2D eigenvalue weighted by molar-refractivity contribution is 5.96. The third-order valence-corrected chi connectivity index (χ3v) is 3.66. The highest BCUT2D eigenvalue weighted by Crippen LogP contribution is 2.21. The van der Waals surface area contributed by atoms with Gasteiger partial charge in [-0.25, -0.2) is 4.79 Å². The summed E-state index contributed by atoms with van der Waals surface area (Å²) in [7, 11) is 1.86. The zero-order chi connectivity index (χ0) is 14.0. The van der Waals surface area contributed by atoms with E-state index in [9.17, 15) is 9.59 Å². The van der Waals surface area contributed by atoms with Crippen LogP contribution in [0.4, 0.5) is 0 Å². The lowest BCUT2D eigenvalue weighted by molar-refractivity contribution is -0.147. The predicted octanol–water partition coefficient (Wildman–Crippen LogP) is 1.50. The minimum absolute atomic E-state index is 0.0915. The fourth-order valence-corrected chi connectivity index (χ4v) is 2.47. The van der Waals surface area contributed by atoms with Gasteiger partial charge in [-0.2, -0.15) is 0 Å². The Morgan fingerprint density at radius 2 is 2.16 bits per heavy atom. The van der Waals surface area contributed by atoms with Gasteiger partial charge in [-0.1, -0.05) is 0 Å². The van der Waals surface area contributed by atoms with E-state index >= 15 is 0 Å². The maximum Gasteiger partial charge on any atom is 0.328 e. The Hall–Kier alpha value is -1.78. The highest BCUT2D eigenvalue weighted by Gasteiger charge is 2.36. The Kier molecular flexibility index (Phi) is 3.93. The molecular formula is C14H20N2O3. The van der Waals surface area contributed by atoms with Crippen LogP contribution in [-0.2, 0) is 16.6 Å². The molecule has 0 saturated carbocycles. The monoisotopic (exact) mass is 264 g/mol. The molecule has 2 rings (SSSR count). The Labute approximate surface area is 113 Å². The van der Waals surface area contributed by atoms with Crippen LogP contribution in [0.3, 0.4) is 0 Å². The van der Waals surface area contributed by atoms with Gasteiger partial charge in [-0.3, -0.25) is 4.79 Å². The summed E-state index contributed by atoms with van der Waals surface area (Å²) in [6.45, 7) is 4.69. The van der Waals surface area contributed by atoms with Gasteiger partial charge >= 0.3 is 5.97 Å². The van der Waals surface area contributed by atoms with Crippen LogP contribution in [0.25, 0.3) is 0 Å². The number of carbonyl (C=O) groups excluding carboxylic acids is 2. The molecule has 5 nitrogen and oxygen atoms in total. The normalized spacial score (nSPS) is 18.7.